The average molecular weight is 492 g/mol. The van der Waals surface area contributed by atoms with Crippen LogP contribution in [-0.2, 0) is 4.74 Å². The smallest absolute Gasteiger partial charge is 0.510 e. The fourth-order valence-electron chi connectivity index (χ4n) is 2.38. The molecule has 2 aromatic rings. The van der Waals surface area contributed by atoms with E-state index in [0.29, 0.717) is 18.2 Å². The molecule has 0 saturated heterocycles. The molecule has 2 rings (SSSR count). The number of benzene rings is 2. The Labute approximate surface area is 190 Å². The summed E-state index contributed by atoms with van der Waals surface area (Å²) in [6.45, 7) is 0. The number of methoxy groups -OCH3 is 1. The molecule has 0 spiro atoms. The number of rotatable bonds is 7. The summed E-state index contributed by atoms with van der Waals surface area (Å²) in [7, 11) is 16.3. The molecule has 2 aromatic carbocycles. The van der Waals surface area contributed by atoms with E-state index < -0.39 is 74.8 Å². The van der Waals surface area contributed by atoms with E-state index >= 15 is 0 Å². The van der Waals surface area contributed by atoms with Crippen molar-refractivity contribution in [1.29, 1.82) is 0 Å². The first kappa shape index (κ1) is 26.6. The predicted molar refractivity (Wildman–Crippen MR) is 101 cm³/mol. The highest BCUT2D eigenvalue weighted by Crippen LogP contribution is 2.44. The number of carbonyl (C=O) groups excluding carboxylic acids is 1. The zero-order chi connectivity index (χ0) is 25.3. The van der Waals surface area contributed by atoms with Gasteiger partial charge in [0, 0.05) is 6.07 Å². The summed E-state index contributed by atoms with van der Waals surface area (Å²) in [6, 6.07) is 1.58. The van der Waals surface area contributed by atoms with Crippen molar-refractivity contribution in [2.75, 3.05) is 7.11 Å². The second-order valence-electron chi connectivity index (χ2n) is 6.06. The van der Waals surface area contributed by atoms with E-state index in [1.54, 1.807) is 0 Å². The second kappa shape index (κ2) is 9.66. The van der Waals surface area contributed by atoms with Gasteiger partial charge in [0.15, 0.2) is 23.1 Å². The van der Waals surface area contributed by atoms with Crippen molar-refractivity contribution in [2.45, 2.75) is 18.1 Å². The molecular formula is C17H7B3ClF7O5. The van der Waals surface area contributed by atoms with Gasteiger partial charge in [0.1, 0.15) is 34.9 Å². The van der Waals surface area contributed by atoms with Gasteiger partial charge in [-0.1, -0.05) is 11.6 Å². The molecule has 0 aromatic heterocycles. The van der Waals surface area contributed by atoms with E-state index in [1.807, 2.05) is 0 Å². The van der Waals surface area contributed by atoms with Crippen LogP contribution in [0.3, 0.4) is 0 Å². The van der Waals surface area contributed by atoms with Crippen LogP contribution in [0.1, 0.15) is 22.3 Å². The normalized spacial score (nSPS) is 11.9. The van der Waals surface area contributed by atoms with E-state index in [0.717, 1.165) is 7.11 Å². The molecule has 33 heavy (non-hydrogen) atoms. The van der Waals surface area contributed by atoms with Crippen LogP contribution >= 0.6 is 11.6 Å². The number of hydrogen-bond donors (Lipinski definition) is 0. The van der Waals surface area contributed by atoms with Crippen molar-refractivity contribution >= 4 is 41.1 Å². The fraction of sp³-hybridized carbons (Fsp3) is 0.235. The zero-order valence-electron chi connectivity index (χ0n) is 16.1. The molecule has 0 aliphatic heterocycles. The Bertz CT molecular complexity index is 1060. The van der Waals surface area contributed by atoms with E-state index in [2.05, 4.69) is 14.2 Å². The van der Waals surface area contributed by atoms with E-state index in [1.165, 1.54) is 0 Å². The molecule has 16 heteroatoms. The second-order valence-corrected chi connectivity index (χ2v) is 6.47. The summed E-state index contributed by atoms with van der Waals surface area (Å²) in [4.78, 5) is 12.0. The van der Waals surface area contributed by atoms with Crippen LogP contribution in [0, 0.1) is 11.6 Å². The van der Waals surface area contributed by atoms with Crippen LogP contribution in [0.4, 0.5) is 30.7 Å². The quantitative estimate of drug-likeness (QED) is 0.323. The molecule has 0 N–H and O–H groups in total. The Balaban J connectivity index is 2.71. The van der Waals surface area contributed by atoms with Gasteiger partial charge in [-0.2, -0.15) is 4.39 Å². The zero-order valence-corrected chi connectivity index (χ0v) is 16.9. The summed E-state index contributed by atoms with van der Waals surface area (Å²) in [5.41, 5.74) is -2.57. The summed E-state index contributed by atoms with van der Waals surface area (Å²) in [5.74, 6) is -9.69. The first-order chi connectivity index (χ1) is 15.1. The number of halogens is 8. The van der Waals surface area contributed by atoms with Gasteiger partial charge in [-0.05, 0) is 17.4 Å². The van der Waals surface area contributed by atoms with Crippen molar-refractivity contribution < 1.29 is 54.5 Å². The average Bonchev–Trinajstić information content (AvgIpc) is 2.64. The highest BCUT2D eigenvalue weighted by Gasteiger charge is 2.35. The molecular weight excluding hydrogens is 485 g/mol. The number of ether oxygens (including phenoxy) is 4. The predicted octanol–water partition coefficient (Wildman–Crippen LogP) is 4.53. The van der Waals surface area contributed by atoms with Crippen LogP contribution in [-0.4, -0.2) is 48.3 Å². The van der Waals surface area contributed by atoms with Crippen LogP contribution in [0.25, 0.3) is 0 Å². The van der Waals surface area contributed by atoms with Gasteiger partial charge >= 0.3 is 12.3 Å². The standard InChI is InChI=1S/C17H7B3ClF7O5/c1-30-15(29)10-8(4-5(21)9(12(10)23)14(24)25)31-7-3-2-6(32-17(26,27)28)11(22)13(7)33-16(18,19)20/h2-4,14H,1H3. The Kier molecular flexibility index (Phi) is 7.77. The molecule has 0 saturated carbocycles. The summed E-state index contributed by atoms with van der Waals surface area (Å²) >= 11 is 5.63. The van der Waals surface area contributed by atoms with Gasteiger partial charge in [-0.25, -0.2) is 18.0 Å². The molecule has 0 bridgehead atoms. The lowest BCUT2D eigenvalue weighted by Gasteiger charge is -2.26. The van der Waals surface area contributed by atoms with E-state index in [4.69, 9.17) is 39.9 Å². The molecule has 170 valence electrons. The SMILES string of the molecule is [B]C([B])([B])Oc1c(Oc2cc(Cl)c(C(F)F)c(F)c2C(=O)OC)ccc(OC(F)(F)F)c1F. The molecule has 6 radical (unpaired) electrons. The summed E-state index contributed by atoms with van der Waals surface area (Å²) < 4.78 is 111. The van der Waals surface area contributed by atoms with Gasteiger partial charge in [-0.15, -0.1) is 13.2 Å². The lowest BCUT2D eigenvalue weighted by atomic mass is 9.52. The minimum atomic E-state index is -5.33. The van der Waals surface area contributed by atoms with Crippen molar-refractivity contribution in [3.63, 3.8) is 0 Å². The minimum absolute atomic E-state index is 0.416. The third-order valence-electron chi connectivity index (χ3n) is 3.58. The van der Waals surface area contributed by atoms with Gasteiger partial charge in [0.2, 0.25) is 5.82 Å². The molecule has 5 nitrogen and oxygen atoms in total. The molecule has 0 unspecified atom stereocenters. The monoisotopic (exact) mass is 492 g/mol. The van der Waals surface area contributed by atoms with Crippen LogP contribution < -0.4 is 14.2 Å². The van der Waals surface area contributed by atoms with Crippen molar-refractivity contribution in [2.24, 2.45) is 0 Å². The third kappa shape index (κ3) is 6.43. The van der Waals surface area contributed by atoms with Gasteiger partial charge < -0.3 is 18.9 Å². The number of hydrogen-bond acceptors (Lipinski definition) is 5. The van der Waals surface area contributed by atoms with Crippen molar-refractivity contribution in [1.82, 2.24) is 0 Å². The molecule has 0 amide bonds. The first-order valence-corrected chi connectivity index (χ1v) is 8.63. The lowest BCUT2D eigenvalue weighted by molar-refractivity contribution is -0.275. The Morgan fingerprint density at radius 1 is 1.00 bits per heavy atom. The van der Waals surface area contributed by atoms with Gasteiger partial charge in [-0.3, -0.25) is 0 Å². The summed E-state index contributed by atoms with van der Waals surface area (Å²) in [6.07, 6.45) is -8.79. The maximum Gasteiger partial charge on any atom is 0.573 e. The lowest BCUT2D eigenvalue weighted by Crippen LogP contribution is -2.38. The topological polar surface area (TPSA) is 54.0 Å². The largest absolute Gasteiger partial charge is 0.573 e. The maximum atomic E-state index is 14.7. The van der Waals surface area contributed by atoms with Crippen molar-refractivity contribution in [3.05, 3.63) is 46.0 Å². The van der Waals surface area contributed by atoms with E-state index in [-0.39, 0.29) is 0 Å². The minimum Gasteiger partial charge on any atom is -0.510 e. The highest BCUT2D eigenvalue weighted by molar-refractivity contribution is 6.58. The molecule has 0 atom stereocenters. The van der Waals surface area contributed by atoms with Gasteiger partial charge in [0.05, 0.1) is 17.7 Å². The van der Waals surface area contributed by atoms with Crippen LogP contribution in [0.15, 0.2) is 18.2 Å². The summed E-state index contributed by atoms with van der Waals surface area (Å²) in [5, 5.41) is -3.58. The Morgan fingerprint density at radius 3 is 2.06 bits per heavy atom. The molecule has 0 fully saturated rings. The highest BCUT2D eigenvalue weighted by atomic mass is 35.5. The molecule has 0 heterocycles. The number of alkyl halides is 5. The number of carbonyl (C=O) groups is 1. The fourth-order valence-corrected chi connectivity index (χ4v) is 2.64. The first-order valence-electron chi connectivity index (χ1n) is 8.25. The van der Waals surface area contributed by atoms with Crippen LogP contribution in [0.2, 0.25) is 5.02 Å². The third-order valence-corrected chi connectivity index (χ3v) is 3.89. The van der Waals surface area contributed by atoms with Crippen LogP contribution in [0.5, 0.6) is 23.0 Å². The number of esters is 1. The maximum absolute atomic E-state index is 14.7. The molecule has 0 aliphatic carbocycles. The van der Waals surface area contributed by atoms with E-state index in [9.17, 15) is 35.5 Å². The van der Waals surface area contributed by atoms with Gasteiger partial charge in [0.25, 0.3) is 6.43 Å². The Hall–Kier alpha value is -2.70. The van der Waals surface area contributed by atoms with Crippen molar-refractivity contribution in [3.8, 4) is 23.0 Å². The Morgan fingerprint density at radius 2 is 1.58 bits per heavy atom. The molecule has 0 aliphatic rings.